The number of piperidine rings is 1. The molecule has 5 N–H and O–H groups in total. The van der Waals surface area contributed by atoms with E-state index in [1.165, 1.54) is 12.1 Å². The van der Waals surface area contributed by atoms with Crippen LogP contribution in [0, 0.1) is 11.8 Å². The summed E-state index contributed by atoms with van der Waals surface area (Å²) in [6.07, 6.45) is 11.7. The summed E-state index contributed by atoms with van der Waals surface area (Å²) in [5.74, 6) is 3.33. The van der Waals surface area contributed by atoms with Crippen molar-refractivity contribution in [1.29, 1.82) is 0 Å². The van der Waals surface area contributed by atoms with Gasteiger partial charge in [-0.25, -0.2) is 4.98 Å². The average Bonchev–Trinajstić information content (AvgIpc) is 3.40. The van der Waals surface area contributed by atoms with Crippen molar-refractivity contribution in [1.82, 2.24) is 19.7 Å². The first-order chi connectivity index (χ1) is 18.2. The lowest BCUT2D eigenvalue weighted by Gasteiger charge is -2.28. The Labute approximate surface area is 222 Å². The zero-order valence-corrected chi connectivity index (χ0v) is 21.7. The summed E-state index contributed by atoms with van der Waals surface area (Å²) >= 11 is 0. The molecule has 9 heteroatoms. The van der Waals surface area contributed by atoms with Crippen molar-refractivity contribution in [2.75, 3.05) is 25.9 Å². The van der Waals surface area contributed by atoms with Crippen LogP contribution >= 0.6 is 0 Å². The van der Waals surface area contributed by atoms with Crippen LogP contribution < -0.4 is 10.5 Å². The molecule has 200 valence electrons. The van der Waals surface area contributed by atoms with Crippen LogP contribution in [-0.2, 0) is 5.97 Å². The Kier molecular flexibility index (Phi) is 7.41. The molecule has 38 heavy (non-hydrogen) atoms. The fourth-order valence-corrected chi connectivity index (χ4v) is 5.10. The fraction of sp³-hybridized carbons (Fsp3) is 0.448. The van der Waals surface area contributed by atoms with E-state index in [0.717, 1.165) is 50.8 Å². The molecule has 1 aliphatic carbocycles. The third kappa shape index (κ3) is 6.00. The summed E-state index contributed by atoms with van der Waals surface area (Å²) in [7, 11) is 2.12. The molecule has 3 aromatic rings. The Morgan fingerprint density at radius 2 is 1.84 bits per heavy atom. The van der Waals surface area contributed by atoms with Crippen molar-refractivity contribution >= 4 is 5.82 Å². The zero-order chi connectivity index (χ0) is 26.8. The van der Waals surface area contributed by atoms with Crippen molar-refractivity contribution in [3.63, 3.8) is 0 Å². The maximum atomic E-state index is 10.8. The van der Waals surface area contributed by atoms with Crippen LogP contribution in [0.15, 0.2) is 48.9 Å². The van der Waals surface area contributed by atoms with Gasteiger partial charge in [0.15, 0.2) is 11.6 Å². The van der Waals surface area contributed by atoms with Gasteiger partial charge in [0.2, 0.25) is 0 Å². The molecule has 0 spiro atoms. The largest absolute Gasteiger partial charge is 0.432 e. The van der Waals surface area contributed by atoms with E-state index in [2.05, 4.69) is 33.9 Å². The van der Waals surface area contributed by atoms with Gasteiger partial charge in [-0.1, -0.05) is 24.3 Å². The first kappa shape index (κ1) is 26.2. The topological polar surface area (TPSA) is 130 Å². The SMILES string of the molecule is CN1CCC(n2cc(-c3cnc(N)c(OC(O)(O)c4cccc(C#CC5(O)CCCCC5)c4)c3)cn2)CC1. The van der Waals surface area contributed by atoms with Crippen LogP contribution in [0.2, 0.25) is 0 Å². The highest BCUT2D eigenvalue weighted by molar-refractivity contribution is 5.66. The van der Waals surface area contributed by atoms with Crippen molar-refractivity contribution < 1.29 is 20.1 Å². The molecule has 1 aromatic carbocycles. The van der Waals surface area contributed by atoms with E-state index in [1.54, 1.807) is 30.6 Å². The van der Waals surface area contributed by atoms with E-state index < -0.39 is 11.6 Å². The zero-order valence-electron chi connectivity index (χ0n) is 21.7. The summed E-state index contributed by atoms with van der Waals surface area (Å²) in [5.41, 5.74) is 7.19. The smallest absolute Gasteiger partial charge is 0.351 e. The molecule has 2 aliphatic rings. The summed E-state index contributed by atoms with van der Waals surface area (Å²) < 4.78 is 7.56. The van der Waals surface area contributed by atoms with E-state index in [1.807, 2.05) is 10.9 Å². The Morgan fingerprint density at radius 3 is 2.61 bits per heavy atom. The first-order valence-corrected chi connectivity index (χ1v) is 13.2. The monoisotopic (exact) mass is 517 g/mol. The quantitative estimate of drug-likeness (QED) is 0.300. The third-order valence-corrected chi connectivity index (χ3v) is 7.49. The lowest BCUT2D eigenvalue weighted by atomic mass is 9.85. The number of aromatic nitrogens is 3. The molecule has 9 nitrogen and oxygen atoms in total. The van der Waals surface area contributed by atoms with E-state index >= 15 is 0 Å². The molecular weight excluding hydrogens is 482 g/mol. The minimum atomic E-state index is -2.67. The summed E-state index contributed by atoms with van der Waals surface area (Å²) in [6.45, 7) is 2.06. The predicted molar refractivity (Wildman–Crippen MR) is 144 cm³/mol. The van der Waals surface area contributed by atoms with Crippen LogP contribution in [0.4, 0.5) is 5.82 Å². The van der Waals surface area contributed by atoms with Crippen LogP contribution in [0.5, 0.6) is 5.75 Å². The third-order valence-electron chi connectivity index (χ3n) is 7.49. The number of nitrogen functional groups attached to an aromatic ring is 1. The van der Waals surface area contributed by atoms with Gasteiger partial charge < -0.3 is 30.7 Å². The van der Waals surface area contributed by atoms with Gasteiger partial charge in [0.1, 0.15) is 5.60 Å². The van der Waals surface area contributed by atoms with Gasteiger partial charge in [-0.15, -0.1) is 0 Å². The minimum Gasteiger partial charge on any atom is -0.432 e. The number of hydrogen-bond donors (Lipinski definition) is 4. The van der Waals surface area contributed by atoms with Gasteiger partial charge in [0.05, 0.1) is 17.8 Å². The molecule has 1 aliphatic heterocycles. The number of aliphatic hydroxyl groups is 3. The normalized spacial score (nSPS) is 18.5. The van der Waals surface area contributed by atoms with Crippen molar-refractivity contribution in [2.45, 2.75) is 62.6 Å². The first-order valence-electron chi connectivity index (χ1n) is 13.2. The molecule has 1 saturated heterocycles. The predicted octanol–water partition coefficient (Wildman–Crippen LogP) is 3.01. The number of likely N-dealkylation sites (tertiary alicyclic amines) is 1. The minimum absolute atomic E-state index is 0.0272. The Bertz CT molecular complexity index is 1330. The van der Waals surface area contributed by atoms with Gasteiger partial charge in [0, 0.05) is 29.1 Å². The summed E-state index contributed by atoms with van der Waals surface area (Å²) in [6, 6.07) is 8.43. The number of benzene rings is 1. The van der Waals surface area contributed by atoms with Gasteiger partial charge in [0.25, 0.3) is 0 Å². The molecule has 0 amide bonds. The highest BCUT2D eigenvalue weighted by atomic mass is 16.8. The number of anilines is 1. The lowest BCUT2D eigenvalue weighted by Crippen LogP contribution is -2.32. The molecule has 2 aromatic heterocycles. The van der Waals surface area contributed by atoms with Crippen molar-refractivity contribution in [3.8, 4) is 28.7 Å². The maximum Gasteiger partial charge on any atom is 0.351 e. The lowest BCUT2D eigenvalue weighted by molar-refractivity contribution is -0.303. The van der Waals surface area contributed by atoms with E-state index in [0.29, 0.717) is 30.0 Å². The second-order valence-corrected chi connectivity index (χ2v) is 10.5. The van der Waals surface area contributed by atoms with Crippen LogP contribution in [0.1, 0.15) is 62.1 Å². The van der Waals surface area contributed by atoms with Crippen LogP contribution in [-0.4, -0.2) is 60.7 Å². The highest BCUT2D eigenvalue weighted by Crippen LogP contribution is 2.33. The Hall–Kier alpha value is -3.42. The fourth-order valence-electron chi connectivity index (χ4n) is 5.10. The Morgan fingerprint density at radius 1 is 1.08 bits per heavy atom. The van der Waals surface area contributed by atoms with Gasteiger partial charge in [-0.2, -0.15) is 5.10 Å². The van der Waals surface area contributed by atoms with Gasteiger partial charge in [-0.3, -0.25) is 4.68 Å². The van der Waals surface area contributed by atoms with E-state index in [9.17, 15) is 15.3 Å². The number of ether oxygens (including phenoxy) is 1. The maximum absolute atomic E-state index is 10.8. The second kappa shape index (κ2) is 10.8. The number of nitrogens with zero attached hydrogens (tertiary/aromatic N) is 4. The van der Waals surface area contributed by atoms with Crippen LogP contribution in [0.25, 0.3) is 11.1 Å². The number of nitrogens with two attached hydrogens (primary N) is 1. The molecule has 1 saturated carbocycles. The molecule has 5 rings (SSSR count). The molecule has 3 heterocycles. The number of hydrogen-bond acceptors (Lipinski definition) is 8. The van der Waals surface area contributed by atoms with Crippen molar-refractivity contribution in [3.05, 3.63) is 60.0 Å². The molecule has 0 radical (unpaired) electrons. The Balaban J connectivity index is 1.33. The van der Waals surface area contributed by atoms with Crippen LogP contribution in [0.3, 0.4) is 0 Å². The highest BCUT2D eigenvalue weighted by Gasteiger charge is 2.31. The number of pyridine rings is 1. The molecule has 0 unspecified atom stereocenters. The average molecular weight is 518 g/mol. The van der Waals surface area contributed by atoms with E-state index in [-0.39, 0.29) is 17.1 Å². The second-order valence-electron chi connectivity index (χ2n) is 10.5. The molecule has 2 fully saturated rings. The molecule has 0 bridgehead atoms. The van der Waals surface area contributed by atoms with E-state index in [4.69, 9.17) is 10.5 Å². The summed E-state index contributed by atoms with van der Waals surface area (Å²) in [4.78, 5) is 6.52. The standard InChI is InChI=1S/C29H35N5O4/c1-33-14-9-25(10-15-33)34-20-23(19-32-34)22-17-26(27(30)31-18-22)38-29(36,37)24-7-5-6-21(16-24)8-13-28(35)11-3-2-4-12-28/h5-7,16-20,25,35-37H,2-4,9-12,14-15H2,1H3,(H2,30,31). The molecular formula is C29H35N5O4. The summed E-state index contributed by atoms with van der Waals surface area (Å²) in [5, 5.41) is 36.9. The number of rotatable bonds is 5. The van der Waals surface area contributed by atoms with Gasteiger partial charge in [-0.05, 0) is 82.9 Å². The molecule has 0 atom stereocenters. The van der Waals surface area contributed by atoms with Gasteiger partial charge >= 0.3 is 5.97 Å². The van der Waals surface area contributed by atoms with Crippen molar-refractivity contribution in [2.24, 2.45) is 0 Å².